The zero-order valence-corrected chi connectivity index (χ0v) is 18.0. The van der Waals surface area contributed by atoms with Crippen LogP contribution in [0.3, 0.4) is 0 Å². The summed E-state index contributed by atoms with van der Waals surface area (Å²) in [7, 11) is 0. The molecule has 0 fully saturated rings. The molecule has 0 bridgehead atoms. The number of benzene rings is 4. The van der Waals surface area contributed by atoms with Gasteiger partial charge >= 0.3 is 0 Å². The molecule has 32 heavy (non-hydrogen) atoms. The minimum Gasteiger partial charge on any atom is -0.457 e. The summed E-state index contributed by atoms with van der Waals surface area (Å²) in [4.78, 5) is 24.0. The molecule has 0 aliphatic carbocycles. The van der Waals surface area contributed by atoms with Gasteiger partial charge in [-0.25, -0.2) is 0 Å². The van der Waals surface area contributed by atoms with Crippen LogP contribution >= 0.6 is 11.6 Å². The van der Waals surface area contributed by atoms with E-state index in [1.807, 2.05) is 18.2 Å². The van der Waals surface area contributed by atoms with E-state index in [1.54, 1.807) is 78.9 Å². The second kappa shape index (κ2) is 9.50. The third-order valence-corrected chi connectivity index (χ3v) is 5.01. The van der Waals surface area contributed by atoms with Gasteiger partial charge < -0.3 is 9.47 Å². The molecule has 0 aromatic heterocycles. The largest absolute Gasteiger partial charge is 0.457 e. The van der Waals surface area contributed by atoms with Gasteiger partial charge in [-0.2, -0.15) is 0 Å². The molecule has 0 aliphatic heterocycles. The third kappa shape index (κ3) is 5.23. The predicted octanol–water partition coefficient (Wildman–Crippen LogP) is 7.36. The molecule has 4 rings (SSSR count). The van der Waals surface area contributed by atoms with Crippen molar-refractivity contribution in [3.8, 4) is 23.0 Å². The van der Waals surface area contributed by atoms with Gasteiger partial charge in [0.15, 0.2) is 11.6 Å². The maximum atomic E-state index is 12.6. The van der Waals surface area contributed by atoms with Gasteiger partial charge in [0, 0.05) is 27.8 Å². The van der Waals surface area contributed by atoms with Crippen LogP contribution in [0.15, 0.2) is 97.1 Å². The van der Waals surface area contributed by atoms with E-state index in [4.69, 9.17) is 21.1 Å². The number of Topliss-reactive ketones (excluding diaryl/α,β-unsaturated/α-hetero) is 1. The number of carbonyl (C=O) groups is 2. The maximum absolute atomic E-state index is 12.6. The molecule has 0 saturated heterocycles. The Morgan fingerprint density at radius 1 is 0.594 bits per heavy atom. The van der Waals surface area contributed by atoms with Crippen LogP contribution in [-0.4, -0.2) is 11.6 Å². The van der Waals surface area contributed by atoms with E-state index in [2.05, 4.69) is 0 Å². The van der Waals surface area contributed by atoms with Crippen LogP contribution in [0.25, 0.3) is 0 Å². The summed E-state index contributed by atoms with van der Waals surface area (Å²) < 4.78 is 11.8. The van der Waals surface area contributed by atoms with Gasteiger partial charge in [0.2, 0.25) is 0 Å². The van der Waals surface area contributed by atoms with Crippen molar-refractivity contribution in [2.45, 2.75) is 6.92 Å². The minimum atomic E-state index is -0.0839. The van der Waals surface area contributed by atoms with Gasteiger partial charge in [0.1, 0.15) is 23.0 Å². The molecule has 4 aromatic carbocycles. The fourth-order valence-corrected chi connectivity index (χ4v) is 3.20. The summed E-state index contributed by atoms with van der Waals surface area (Å²) in [6.45, 7) is 1.52. The molecular weight excluding hydrogens is 424 g/mol. The van der Waals surface area contributed by atoms with Crippen molar-refractivity contribution < 1.29 is 19.1 Å². The Balaban J connectivity index is 1.43. The van der Waals surface area contributed by atoms with Crippen LogP contribution in [-0.2, 0) is 0 Å². The molecule has 0 radical (unpaired) electrons. The van der Waals surface area contributed by atoms with Crippen LogP contribution in [0.5, 0.6) is 23.0 Å². The zero-order valence-electron chi connectivity index (χ0n) is 17.2. The van der Waals surface area contributed by atoms with Gasteiger partial charge in [-0.1, -0.05) is 17.7 Å². The Morgan fingerprint density at radius 3 is 1.50 bits per heavy atom. The zero-order chi connectivity index (χ0) is 22.5. The number of ether oxygens (including phenoxy) is 2. The van der Waals surface area contributed by atoms with Crippen molar-refractivity contribution in [2.75, 3.05) is 0 Å². The van der Waals surface area contributed by atoms with E-state index >= 15 is 0 Å². The van der Waals surface area contributed by atoms with Crippen molar-refractivity contribution in [3.63, 3.8) is 0 Å². The summed E-state index contributed by atoms with van der Waals surface area (Å²) >= 11 is 5.89. The van der Waals surface area contributed by atoms with E-state index in [-0.39, 0.29) is 11.6 Å². The standard InChI is InChI=1S/C27H19ClO4/c1-18(29)19-7-13-23(14-8-19)31-25-3-2-4-26(17-25)32-24-15-9-21(10-16-24)27(30)20-5-11-22(28)12-6-20/h2-17H,1H3. The molecular formula is C27H19ClO4. The van der Waals surface area contributed by atoms with E-state index in [0.29, 0.717) is 44.7 Å². The van der Waals surface area contributed by atoms with E-state index in [1.165, 1.54) is 6.92 Å². The second-order valence-electron chi connectivity index (χ2n) is 7.12. The fraction of sp³-hybridized carbons (Fsp3) is 0.0370. The lowest BCUT2D eigenvalue weighted by Crippen LogP contribution is -2.00. The highest BCUT2D eigenvalue weighted by atomic mass is 35.5. The van der Waals surface area contributed by atoms with E-state index in [0.717, 1.165) is 0 Å². The van der Waals surface area contributed by atoms with Crippen molar-refractivity contribution in [1.29, 1.82) is 0 Å². The molecule has 4 nitrogen and oxygen atoms in total. The van der Waals surface area contributed by atoms with Crippen molar-refractivity contribution in [3.05, 3.63) is 119 Å². The summed E-state index contributed by atoms with van der Waals surface area (Å²) in [5.74, 6) is 2.34. The lowest BCUT2D eigenvalue weighted by atomic mass is 10.0. The van der Waals surface area contributed by atoms with E-state index in [9.17, 15) is 9.59 Å². The molecule has 0 amide bonds. The fourth-order valence-electron chi connectivity index (χ4n) is 3.07. The molecule has 5 heteroatoms. The second-order valence-corrected chi connectivity index (χ2v) is 7.56. The first-order chi connectivity index (χ1) is 15.5. The van der Waals surface area contributed by atoms with Crippen LogP contribution in [0.4, 0.5) is 0 Å². The van der Waals surface area contributed by atoms with Crippen molar-refractivity contribution >= 4 is 23.2 Å². The number of carbonyl (C=O) groups excluding carboxylic acids is 2. The molecule has 0 unspecified atom stereocenters. The first-order valence-corrected chi connectivity index (χ1v) is 10.3. The van der Waals surface area contributed by atoms with Gasteiger partial charge in [-0.05, 0) is 91.9 Å². The molecule has 0 saturated carbocycles. The van der Waals surface area contributed by atoms with Crippen molar-refractivity contribution in [2.24, 2.45) is 0 Å². The van der Waals surface area contributed by atoms with Crippen LogP contribution in [0.1, 0.15) is 33.2 Å². The maximum Gasteiger partial charge on any atom is 0.193 e. The van der Waals surface area contributed by atoms with Gasteiger partial charge in [0.05, 0.1) is 0 Å². The molecule has 0 heterocycles. The molecule has 0 atom stereocenters. The highest BCUT2D eigenvalue weighted by Crippen LogP contribution is 2.29. The summed E-state index contributed by atoms with van der Waals surface area (Å²) in [6.07, 6.45) is 0. The molecule has 0 aliphatic rings. The normalized spacial score (nSPS) is 10.4. The monoisotopic (exact) mass is 442 g/mol. The summed E-state index contributed by atoms with van der Waals surface area (Å²) in [5.41, 5.74) is 1.77. The smallest absolute Gasteiger partial charge is 0.193 e. The number of hydrogen-bond acceptors (Lipinski definition) is 4. The number of hydrogen-bond donors (Lipinski definition) is 0. The summed E-state index contributed by atoms with van der Waals surface area (Å²) in [6, 6.07) is 27.9. The Morgan fingerprint density at radius 2 is 1.03 bits per heavy atom. The third-order valence-electron chi connectivity index (χ3n) is 4.76. The van der Waals surface area contributed by atoms with Crippen molar-refractivity contribution in [1.82, 2.24) is 0 Å². The number of rotatable bonds is 7. The Kier molecular flexibility index (Phi) is 6.34. The number of halogens is 1. The topological polar surface area (TPSA) is 52.6 Å². The predicted molar refractivity (Wildman–Crippen MR) is 124 cm³/mol. The molecule has 158 valence electrons. The molecule has 0 N–H and O–H groups in total. The first kappa shape index (κ1) is 21.3. The quantitative estimate of drug-likeness (QED) is 0.280. The minimum absolute atomic E-state index is 0.00725. The lowest BCUT2D eigenvalue weighted by Gasteiger charge is -2.10. The Hall–Kier alpha value is -3.89. The average Bonchev–Trinajstić information content (AvgIpc) is 2.80. The molecule has 0 spiro atoms. The lowest BCUT2D eigenvalue weighted by molar-refractivity contribution is 0.101. The SMILES string of the molecule is CC(=O)c1ccc(Oc2cccc(Oc3ccc(C(=O)c4ccc(Cl)cc4)cc3)c2)cc1. The average molecular weight is 443 g/mol. The Bertz CT molecular complexity index is 1240. The first-order valence-electron chi connectivity index (χ1n) is 9.95. The van der Waals surface area contributed by atoms with Crippen LogP contribution in [0.2, 0.25) is 5.02 Å². The summed E-state index contributed by atoms with van der Waals surface area (Å²) in [5, 5.41) is 0.588. The Labute approximate surface area is 191 Å². The van der Waals surface area contributed by atoms with E-state index < -0.39 is 0 Å². The highest BCUT2D eigenvalue weighted by molar-refractivity contribution is 6.30. The van der Waals surface area contributed by atoms with Crippen LogP contribution in [0, 0.1) is 0 Å². The van der Waals surface area contributed by atoms with Gasteiger partial charge in [-0.15, -0.1) is 0 Å². The van der Waals surface area contributed by atoms with Gasteiger partial charge in [0.25, 0.3) is 0 Å². The molecule has 4 aromatic rings. The van der Waals surface area contributed by atoms with Crippen LogP contribution < -0.4 is 9.47 Å². The number of ketones is 2. The highest BCUT2D eigenvalue weighted by Gasteiger charge is 2.10. The van der Waals surface area contributed by atoms with Gasteiger partial charge in [-0.3, -0.25) is 9.59 Å².